The molecule has 2 aromatic carbocycles. The van der Waals surface area contributed by atoms with Gasteiger partial charge in [0.05, 0.1) is 16.7 Å². The molecule has 9 heteroatoms. The van der Waals surface area contributed by atoms with Gasteiger partial charge in [0.15, 0.2) is 5.16 Å². The molecule has 28 heavy (non-hydrogen) atoms. The summed E-state index contributed by atoms with van der Waals surface area (Å²) in [6, 6.07) is 10.3. The number of fused-ring (bicyclic) bond motifs is 1. The Bertz CT molecular complexity index is 1110. The van der Waals surface area contributed by atoms with Gasteiger partial charge in [0.25, 0.3) is 11.5 Å². The quantitative estimate of drug-likeness (QED) is 0.397. The van der Waals surface area contributed by atoms with Gasteiger partial charge in [0.2, 0.25) is 5.91 Å². The Morgan fingerprint density at radius 1 is 1.14 bits per heavy atom. The van der Waals surface area contributed by atoms with Crippen molar-refractivity contribution in [1.29, 1.82) is 0 Å². The van der Waals surface area contributed by atoms with Crippen LogP contribution in [0.3, 0.4) is 0 Å². The first kappa shape index (κ1) is 19.6. The standard InChI is InChI=1S/C19H17FN4O3S/c1-11-3-8-15-14(9-11)18(27)24(2)19(21-15)28-10-16(25)22-23-17(26)12-4-6-13(20)7-5-12/h3-9H,10H2,1-2H3,(H,22,25)(H,23,26). The molecule has 0 aliphatic rings. The van der Waals surface area contributed by atoms with Gasteiger partial charge in [-0.2, -0.15) is 0 Å². The second-order valence-electron chi connectivity index (χ2n) is 6.08. The van der Waals surface area contributed by atoms with Gasteiger partial charge in [0, 0.05) is 12.6 Å². The van der Waals surface area contributed by atoms with Crippen LogP contribution in [0.1, 0.15) is 15.9 Å². The van der Waals surface area contributed by atoms with E-state index < -0.39 is 17.6 Å². The molecule has 2 N–H and O–H groups in total. The zero-order valence-electron chi connectivity index (χ0n) is 15.2. The monoisotopic (exact) mass is 400 g/mol. The third-order valence-electron chi connectivity index (χ3n) is 3.94. The number of hydrogen-bond acceptors (Lipinski definition) is 5. The Morgan fingerprint density at radius 3 is 2.57 bits per heavy atom. The molecule has 0 saturated carbocycles. The van der Waals surface area contributed by atoms with Crippen molar-refractivity contribution in [3.05, 3.63) is 69.8 Å². The third kappa shape index (κ3) is 4.37. The normalized spacial score (nSPS) is 10.7. The zero-order valence-corrected chi connectivity index (χ0v) is 16.0. The first-order valence-corrected chi connectivity index (χ1v) is 9.28. The fourth-order valence-electron chi connectivity index (χ4n) is 2.46. The van der Waals surface area contributed by atoms with Crippen molar-refractivity contribution in [2.45, 2.75) is 12.1 Å². The minimum atomic E-state index is -0.565. The minimum Gasteiger partial charge on any atom is -0.290 e. The lowest BCUT2D eigenvalue weighted by Gasteiger charge is -2.10. The number of carbonyl (C=O) groups is 2. The van der Waals surface area contributed by atoms with Crippen LogP contribution in [0.2, 0.25) is 0 Å². The molecule has 1 aromatic heterocycles. The van der Waals surface area contributed by atoms with Crippen molar-refractivity contribution in [2.75, 3.05) is 5.75 Å². The lowest BCUT2D eigenvalue weighted by Crippen LogP contribution is -2.42. The molecule has 144 valence electrons. The van der Waals surface area contributed by atoms with Crippen LogP contribution >= 0.6 is 11.8 Å². The zero-order chi connectivity index (χ0) is 20.3. The highest BCUT2D eigenvalue weighted by Gasteiger charge is 2.12. The molecule has 0 aliphatic carbocycles. The number of benzene rings is 2. The smallest absolute Gasteiger partial charge is 0.269 e. The van der Waals surface area contributed by atoms with E-state index in [-0.39, 0.29) is 16.9 Å². The Labute approximate surface area is 163 Å². The van der Waals surface area contributed by atoms with Gasteiger partial charge in [-0.1, -0.05) is 23.4 Å². The summed E-state index contributed by atoms with van der Waals surface area (Å²) in [5.41, 5.74) is 6.07. The fourth-order valence-corrected chi connectivity index (χ4v) is 3.23. The summed E-state index contributed by atoms with van der Waals surface area (Å²) >= 11 is 1.08. The maximum absolute atomic E-state index is 12.9. The number of aryl methyl sites for hydroxylation is 1. The highest BCUT2D eigenvalue weighted by molar-refractivity contribution is 7.99. The van der Waals surface area contributed by atoms with Crippen molar-refractivity contribution < 1.29 is 14.0 Å². The number of hydrogen-bond donors (Lipinski definition) is 2. The van der Waals surface area contributed by atoms with Crippen molar-refractivity contribution in [2.24, 2.45) is 7.05 Å². The first-order valence-electron chi connectivity index (χ1n) is 8.30. The maximum atomic E-state index is 12.9. The summed E-state index contributed by atoms with van der Waals surface area (Å²) in [6.07, 6.45) is 0. The highest BCUT2D eigenvalue weighted by Crippen LogP contribution is 2.17. The summed E-state index contributed by atoms with van der Waals surface area (Å²) in [5, 5.41) is 0.907. The molecule has 3 aromatic rings. The second kappa shape index (κ2) is 8.22. The molecule has 0 atom stereocenters. The second-order valence-corrected chi connectivity index (χ2v) is 7.02. The molecule has 3 rings (SSSR count). The van der Waals surface area contributed by atoms with Gasteiger partial charge in [-0.3, -0.25) is 29.8 Å². The molecule has 7 nitrogen and oxygen atoms in total. The number of hydrazine groups is 1. The van der Waals surface area contributed by atoms with Gasteiger partial charge in [-0.15, -0.1) is 0 Å². The van der Waals surface area contributed by atoms with Crippen molar-refractivity contribution in [3.8, 4) is 0 Å². The SMILES string of the molecule is Cc1ccc2nc(SCC(=O)NNC(=O)c3ccc(F)cc3)n(C)c(=O)c2c1. The number of nitrogens with zero attached hydrogens (tertiary/aromatic N) is 2. The van der Waals surface area contributed by atoms with E-state index in [1.165, 1.54) is 16.7 Å². The van der Waals surface area contributed by atoms with E-state index in [2.05, 4.69) is 15.8 Å². The van der Waals surface area contributed by atoms with Gasteiger partial charge in [-0.05, 0) is 43.3 Å². The Hall–Kier alpha value is -3.20. The molecular formula is C19H17FN4O3S. The van der Waals surface area contributed by atoms with Crippen LogP contribution in [-0.4, -0.2) is 27.1 Å². The van der Waals surface area contributed by atoms with E-state index in [1.54, 1.807) is 19.2 Å². The molecule has 0 unspecified atom stereocenters. The topological polar surface area (TPSA) is 93.1 Å². The van der Waals surface area contributed by atoms with Crippen LogP contribution in [0.25, 0.3) is 10.9 Å². The fraction of sp³-hybridized carbons (Fsp3) is 0.158. The molecule has 0 aliphatic heterocycles. The van der Waals surface area contributed by atoms with Crippen LogP contribution in [-0.2, 0) is 11.8 Å². The molecule has 1 heterocycles. The van der Waals surface area contributed by atoms with Crippen LogP contribution in [0.5, 0.6) is 0 Å². The summed E-state index contributed by atoms with van der Waals surface area (Å²) in [5.74, 6) is -1.55. The summed E-state index contributed by atoms with van der Waals surface area (Å²) < 4.78 is 14.3. The van der Waals surface area contributed by atoms with Crippen LogP contribution < -0.4 is 16.4 Å². The average Bonchev–Trinajstić information content (AvgIpc) is 2.68. The number of nitrogens with one attached hydrogen (secondary N) is 2. The Kier molecular flexibility index (Phi) is 5.74. The molecule has 0 fully saturated rings. The van der Waals surface area contributed by atoms with E-state index in [0.29, 0.717) is 16.1 Å². The molecule has 2 amide bonds. The van der Waals surface area contributed by atoms with Gasteiger partial charge >= 0.3 is 0 Å². The number of thioether (sulfide) groups is 1. The third-order valence-corrected chi connectivity index (χ3v) is 4.97. The summed E-state index contributed by atoms with van der Waals surface area (Å²) in [4.78, 5) is 40.8. The predicted molar refractivity (Wildman–Crippen MR) is 104 cm³/mol. The first-order chi connectivity index (χ1) is 13.3. The number of amides is 2. The molecule has 0 bridgehead atoms. The van der Waals surface area contributed by atoms with Crippen LogP contribution in [0.4, 0.5) is 4.39 Å². The van der Waals surface area contributed by atoms with Gasteiger partial charge in [-0.25, -0.2) is 9.37 Å². The van der Waals surface area contributed by atoms with E-state index in [1.807, 2.05) is 13.0 Å². The van der Waals surface area contributed by atoms with E-state index in [0.717, 1.165) is 29.5 Å². The Morgan fingerprint density at radius 2 is 1.86 bits per heavy atom. The lowest BCUT2D eigenvalue weighted by atomic mass is 10.2. The summed E-state index contributed by atoms with van der Waals surface area (Å²) in [7, 11) is 1.59. The number of carbonyl (C=O) groups excluding carboxylic acids is 2. The molecule has 0 spiro atoms. The van der Waals surface area contributed by atoms with Crippen LogP contribution in [0, 0.1) is 12.7 Å². The highest BCUT2D eigenvalue weighted by atomic mass is 32.2. The largest absolute Gasteiger partial charge is 0.290 e. The minimum absolute atomic E-state index is 0.0542. The lowest BCUT2D eigenvalue weighted by molar-refractivity contribution is -0.119. The van der Waals surface area contributed by atoms with Crippen LogP contribution in [0.15, 0.2) is 52.4 Å². The van der Waals surface area contributed by atoms with E-state index in [4.69, 9.17) is 0 Å². The number of aromatic nitrogens is 2. The number of rotatable bonds is 4. The molecule has 0 saturated heterocycles. The maximum Gasteiger partial charge on any atom is 0.269 e. The number of halogens is 1. The molecular weight excluding hydrogens is 383 g/mol. The van der Waals surface area contributed by atoms with Crippen molar-refractivity contribution in [3.63, 3.8) is 0 Å². The van der Waals surface area contributed by atoms with E-state index in [9.17, 15) is 18.8 Å². The van der Waals surface area contributed by atoms with Crippen molar-refractivity contribution in [1.82, 2.24) is 20.4 Å². The van der Waals surface area contributed by atoms with Gasteiger partial charge in [0.1, 0.15) is 5.82 Å². The molecule has 0 radical (unpaired) electrons. The summed E-state index contributed by atoms with van der Waals surface area (Å²) in [6.45, 7) is 1.89. The Balaban J connectivity index is 1.62. The van der Waals surface area contributed by atoms with Crippen molar-refractivity contribution >= 4 is 34.5 Å². The van der Waals surface area contributed by atoms with Gasteiger partial charge < -0.3 is 0 Å². The predicted octanol–water partition coefficient (Wildman–Crippen LogP) is 1.93. The average molecular weight is 400 g/mol. The van der Waals surface area contributed by atoms with E-state index >= 15 is 0 Å².